The van der Waals surface area contributed by atoms with E-state index in [0.717, 1.165) is 11.3 Å². The second-order valence-electron chi connectivity index (χ2n) is 5.24. The zero-order valence-corrected chi connectivity index (χ0v) is 15.2. The van der Waals surface area contributed by atoms with Crippen molar-refractivity contribution in [1.29, 1.82) is 5.41 Å². The van der Waals surface area contributed by atoms with Gasteiger partial charge in [-0.25, -0.2) is 4.68 Å². The van der Waals surface area contributed by atoms with E-state index < -0.39 is 4.92 Å². The van der Waals surface area contributed by atoms with Crippen LogP contribution in [0.2, 0.25) is 0 Å². The Labute approximate surface area is 160 Å². The van der Waals surface area contributed by atoms with Gasteiger partial charge in [0.25, 0.3) is 5.69 Å². The molecule has 0 aliphatic carbocycles. The fraction of sp³-hybridized carbons (Fsp3) is 0.0588. The van der Waals surface area contributed by atoms with Crippen LogP contribution in [0.25, 0.3) is 16.9 Å². The van der Waals surface area contributed by atoms with E-state index in [1.807, 2.05) is 36.5 Å². The Hall–Kier alpha value is -2.84. The third kappa shape index (κ3) is 4.41. The highest BCUT2D eigenvalue weighted by Crippen LogP contribution is 2.29. The van der Waals surface area contributed by atoms with Crippen molar-refractivity contribution in [2.45, 2.75) is 5.75 Å². The highest BCUT2D eigenvalue weighted by molar-refractivity contribution is 8.13. The summed E-state index contributed by atoms with van der Waals surface area (Å²) in [6.45, 7) is 0. The molecule has 0 amide bonds. The summed E-state index contributed by atoms with van der Waals surface area (Å²) in [5.74, 6) is 0.459. The van der Waals surface area contributed by atoms with Crippen LogP contribution in [-0.4, -0.2) is 19.9 Å². The highest BCUT2D eigenvalue weighted by atomic mass is 35.5. The first-order chi connectivity index (χ1) is 12.0. The Balaban J connectivity index is 0.00000243. The SMILES string of the molecule is Cl.N=C(N)SCc1cn(-c2ccccc2)nc1-c1cccc([N+](=O)[O-])c1. The summed E-state index contributed by atoms with van der Waals surface area (Å²) in [6, 6.07) is 16.0. The molecule has 1 heterocycles. The topological polar surface area (TPSA) is 111 Å². The number of nitrogens with one attached hydrogen (secondary N) is 1. The summed E-state index contributed by atoms with van der Waals surface area (Å²) >= 11 is 1.19. The lowest BCUT2D eigenvalue weighted by Gasteiger charge is -2.02. The number of halogens is 1. The maximum absolute atomic E-state index is 11.0. The van der Waals surface area contributed by atoms with Crippen molar-refractivity contribution >= 4 is 35.0 Å². The van der Waals surface area contributed by atoms with Crippen LogP contribution in [0.3, 0.4) is 0 Å². The van der Waals surface area contributed by atoms with Crippen molar-refractivity contribution in [3.8, 4) is 16.9 Å². The summed E-state index contributed by atoms with van der Waals surface area (Å²) in [5, 5.41) is 23.1. The molecule has 0 unspecified atom stereocenters. The number of nitrogens with two attached hydrogens (primary N) is 1. The zero-order valence-electron chi connectivity index (χ0n) is 13.5. The smallest absolute Gasteiger partial charge is 0.270 e. The minimum Gasteiger partial charge on any atom is -0.379 e. The van der Waals surface area contributed by atoms with Crippen LogP contribution in [0.15, 0.2) is 60.8 Å². The Morgan fingerprint density at radius 1 is 1.23 bits per heavy atom. The Kier molecular flexibility index (Phi) is 6.37. The molecule has 0 radical (unpaired) electrons. The number of para-hydroxylation sites is 1. The first-order valence-corrected chi connectivity index (χ1v) is 8.39. The van der Waals surface area contributed by atoms with E-state index in [-0.39, 0.29) is 23.3 Å². The van der Waals surface area contributed by atoms with Gasteiger partial charge in [-0.05, 0) is 12.1 Å². The third-order valence-electron chi connectivity index (χ3n) is 3.52. The van der Waals surface area contributed by atoms with Gasteiger partial charge in [0.15, 0.2) is 5.17 Å². The molecule has 1 aromatic heterocycles. The van der Waals surface area contributed by atoms with Crippen LogP contribution in [0.5, 0.6) is 0 Å². The van der Waals surface area contributed by atoms with Crippen LogP contribution >= 0.6 is 24.2 Å². The molecule has 7 nitrogen and oxygen atoms in total. The van der Waals surface area contributed by atoms with Crippen molar-refractivity contribution in [2.24, 2.45) is 5.73 Å². The molecule has 0 saturated heterocycles. The number of thioether (sulfide) groups is 1. The van der Waals surface area contributed by atoms with Crippen molar-refractivity contribution in [1.82, 2.24) is 9.78 Å². The van der Waals surface area contributed by atoms with Gasteiger partial charge in [0, 0.05) is 35.2 Å². The average Bonchev–Trinajstić information content (AvgIpc) is 3.05. The molecular formula is C17H16ClN5O2S. The van der Waals surface area contributed by atoms with E-state index in [9.17, 15) is 10.1 Å². The Morgan fingerprint density at radius 2 is 1.96 bits per heavy atom. The standard InChI is InChI=1S/C17H15N5O2S.ClH/c18-17(19)25-11-13-10-21(14-6-2-1-3-7-14)20-16(13)12-5-4-8-15(9-12)22(23)24;/h1-10H,11H2,(H3,18,19);1H. The summed E-state index contributed by atoms with van der Waals surface area (Å²) in [5.41, 5.74) is 8.48. The monoisotopic (exact) mass is 389 g/mol. The van der Waals surface area contributed by atoms with Crippen LogP contribution < -0.4 is 5.73 Å². The van der Waals surface area contributed by atoms with Crippen molar-refractivity contribution in [3.63, 3.8) is 0 Å². The Morgan fingerprint density at radius 3 is 2.62 bits per heavy atom. The average molecular weight is 390 g/mol. The van der Waals surface area contributed by atoms with Crippen LogP contribution in [-0.2, 0) is 5.75 Å². The first-order valence-electron chi connectivity index (χ1n) is 7.40. The maximum atomic E-state index is 11.0. The molecule has 0 fully saturated rings. The molecule has 2 aromatic carbocycles. The number of rotatable bonds is 5. The molecule has 0 spiro atoms. The van der Waals surface area contributed by atoms with E-state index in [2.05, 4.69) is 5.10 Å². The molecule has 0 saturated carbocycles. The van der Waals surface area contributed by atoms with Gasteiger partial charge in [-0.15, -0.1) is 12.4 Å². The fourth-order valence-corrected chi connectivity index (χ4v) is 2.92. The van der Waals surface area contributed by atoms with Gasteiger partial charge in [0.2, 0.25) is 0 Å². The third-order valence-corrected chi connectivity index (χ3v) is 4.29. The van der Waals surface area contributed by atoms with E-state index >= 15 is 0 Å². The molecular weight excluding hydrogens is 374 g/mol. The highest BCUT2D eigenvalue weighted by Gasteiger charge is 2.15. The van der Waals surface area contributed by atoms with Gasteiger partial charge in [0.05, 0.1) is 16.3 Å². The normalized spacial score (nSPS) is 10.2. The zero-order chi connectivity index (χ0) is 17.8. The molecule has 0 aliphatic rings. The number of nitro groups is 1. The van der Waals surface area contributed by atoms with Crippen LogP contribution in [0.1, 0.15) is 5.56 Å². The minimum atomic E-state index is -0.429. The van der Waals surface area contributed by atoms with Gasteiger partial charge >= 0.3 is 0 Å². The minimum absolute atomic E-state index is 0. The van der Waals surface area contributed by atoms with Crippen LogP contribution in [0, 0.1) is 15.5 Å². The van der Waals surface area contributed by atoms with Crippen molar-refractivity contribution < 1.29 is 4.92 Å². The summed E-state index contributed by atoms with van der Waals surface area (Å²) < 4.78 is 1.73. The summed E-state index contributed by atoms with van der Waals surface area (Å²) in [4.78, 5) is 10.6. The predicted octanol–water partition coefficient (Wildman–Crippen LogP) is 4.00. The van der Waals surface area contributed by atoms with Crippen molar-refractivity contribution in [2.75, 3.05) is 0 Å². The molecule has 9 heteroatoms. The van der Waals surface area contributed by atoms with Crippen molar-refractivity contribution in [3.05, 3.63) is 76.5 Å². The number of hydrogen-bond donors (Lipinski definition) is 2. The molecule has 26 heavy (non-hydrogen) atoms. The van der Waals surface area contributed by atoms with E-state index in [1.165, 1.54) is 23.9 Å². The number of aromatic nitrogens is 2. The van der Waals surface area contributed by atoms with Gasteiger partial charge in [-0.2, -0.15) is 5.10 Å². The lowest BCUT2D eigenvalue weighted by molar-refractivity contribution is -0.384. The van der Waals surface area contributed by atoms with Crippen LogP contribution in [0.4, 0.5) is 5.69 Å². The lowest BCUT2D eigenvalue weighted by Crippen LogP contribution is -2.03. The van der Waals surface area contributed by atoms with Gasteiger partial charge in [-0.3, -0.25) is 15.5 Å². The first kappa shape index (κ1) is 19.5. The fourth-order valence-electron chi connectivity index (χ4n) is 2.39. The predicted molar refractivity (Wildman–Crippen MR) is 106 cm³/mol. The second-order valence-corrected chi connectivity index (χ2v) is 6.26. The largest absolute Gasteiger partial charge is 0.379 e. The Bertz CT molecular complexity index is 930. The molecule has 134 valence electrons. The van der Waals surface area contributed by atoms with E-state index in [0.29, 0.717) is 17.0 Å². The summed E-state index contributed by atoms with van der Waals surface area (Å²) in [6.07, 6.45) is 1.86. The molecule has 3 rings (SSSR count). The molecule has 0 atom stereocenters. The van der Waals surface area contributed by atoms with Gasteiger partial charge in [-0.1, -0.05) is 42.1 Å². The van der Waals surface area contributed by atoms with E-state index in [1.54, 1.807) is 16.8 Å². The molecule has 0 bridgehead atoms. The van der Waals surface area contributed by atoms with E-state index in [4.69, 9.17) is 11.1 Å². The molecule has 3 N–H and O–H groups in total. The van der Waals surface area contributed by atoms with Gasteiger partial charge in [0.1, 0.15) is 0 Å². The van der Waals surface area contributed by atoms with Gasteiger partial charge < -0.3 is 5.73 Å². The summed E-state index contributed by atoms with van der Waals surface area (Å²) in [7, 11) is 0. The molecule has 0 aliphatic heterocycles. The number of hydrogen-bond acceptors (Lipinski definition) is 5. The molecule has 3 aromatic rings. The number of amidine groups is 1. The second kappa shape index (κ2) is 8.50. The number of nitro benzene ring substituents is 1. The number of non-ortho nitro benzene ring substituents is 1. The lowest BCUT2D eigenvalue weighted by atomic mass is 10.1. The maximum Gasteiger partial charge on any atom is 0.270 e. The number of nitrogens with zero attached hydrogens (tertiary/aromatic N) is 3. The number of benzene rings is 2. The quantitative estimate of drug-likeness (QED) is 0.296.